The number of hydrogen-bond donors (Lipinski definition) is 2. The third kappa shape index (κ3) is 4.74. The molecule has 0 spiro atoms. The lowest BCUT2D eigenvalue weighted by Crippen LogP contribution is -2.41. The lowest BCUT2D eigenvalue weighted by Gasteiger charge is -2.26. The lowest BCUT2D eigenvalue weighted by molar-refractivity contribution is 0.0383. The number of rotatable bonds is 6. The van der Waals surface area contributed by atoms with Crippen molar-refractivity contribution in [2.24, 2.45) is 0 Å². The minimum Gasteiger partial charge on any atom is -0.379 e. The van der Waals surface area contributed by atoms with Gasteiger partial charge in [0, 0.05) is 38.1 Å². The predicted octanol–water partition coefficient (Wildman–Crippen LogP) is 1.28. The Morgan fingerprint density at radius 2 is 1.96 bits per heavy atom. The molecule has 2 N–H and O–H groups in total. The van der Waals surface area contributed by atoms with Crippen LogP contribution in [0.15, 0.2) is 42.6 Å². The molecule has 7 heteroatoms. The quantitative estimate of drug-likeness (QED) is 0.832. The summed E-state index contributed by atoms with van der Waals surface area (Å²) in [6.45, 7) is 4.74. The standard InChI is InChI=1S/C17H21N5O2/c23-16(18-8-9-22-10-12-24-13-11-22)15-6-7-19-17(21-15)20-14-4-2-1-3-5-14/h1-7H,8-13H2,(H,18,23)(H,19,20,21). The molecule has 1 aromatic carbocycles. The molecule has 1 aliphatic heterocycles. The van der Waals surface area contributed by atoms with Gasteiger partial charge >= 0.3 is 0 Å². The maximum Gasteiger partial charge on any atom is 0.270 e. The van der Waals surface area contributed by atoms with Crippen LogP contribution in [0.2, 0.25) is 0 Å². The second-order valence-electron chi connectivity index (χ2n) is 5.47. The number of para-hydroxylation sites is 1. The highest BCUT2D eigenvalue weighted by molar-refractivity contribution is 5.92. The van der Waals surface area contributed by atoms with Gasteiger partial charge in [-0.3, -0.25) is 9.69 Å². The number of anilines is 2. The molecule has 1 amide bonds. The highest BCUT2D eigenvalue weighted by Gasteiger charge is 2.12. The summed E-state index contributed by atoms with van der Waals surface area (Å²) < 4.78 is 5.31. The molecule has 0 atom stereocenters. The number of ether oxygens (including phenoxy) is 1. The summed E-state index contributed by atoms with van der Waals surface area (Å²) in [5, 5.41) is 5.98. The van der Waals surface area contributed by atoms with E-state index < -0.39 is 0 Å². The molecule has 7 nitrogen and oxygen atoms in total. The van der Waals surface area contributed by atoms with Crippen LogP contribution in [0.25, 0.3) is 0 Å². The molecule has 1 aromatic heterocycles. The number of benzene rings is 1. The Balaban J connectivity index is 1.52. The van der Waals surface area contributed by atoms with Crippen LogP contribution in [0.1, 0.15) is 10.5 Å². The Hall–Kier alpha value is -2.51. The molecular formula is C17H21N5O2. The van der Waals surface area contributed by atoms with Crippen LogP contribution in [-0.2, 0) is 4.74 Å². The van der Waals surface area contributed by atoms with Crippen molar-refractivity contribution in [3.05, 3.63) is 48.3 Å². The Labute approximate surface area is 141 Å². The van der Waals surface area contributed by atoms with Crippen molar-refractivity contribution in [2.75, 3.05) is 44.7 Å². The fourth-order valence-corrected chi connectivity index (χ4v) is 2.44. The summed E-state index contributed by atoms with van der Waals surface area (Å²) in [6.07, 6.45) is 1.58. The number of nitrogens with one attached hydrogen (secondary N) is 2. The normalized spacial score (nSPS) is 15.0. The molecule has 126 valence electrons. The summed E-state index contributed by atoms with van der Waals surface area (Å²) in [4.78, 5) is 22.9. The van der Waals surface area contributed by atoms with E-state index in [2.05, 4.69) is 25.5 Å². The van der Waals surface area contributed by atoms with Gasteiger partial charge in [0.25, 0.3) is 5.91 Å². The summed E-state index contributed by atoms with van der Waals surface area (Å²) in [5.74, 6) is 0.212. The SMILES string of the molecule is O=C(NCCN1CCOCC1)c1ccnc(Nc2ccccc2)n1. The zero-order chi connectivity index (χ0) is 16.6. The molecule has 2 aromatic rings. The molecular weight excluding hydrogens is 306 g/mol. The monoisotopic (exact) mass is 327 g/mol. The molecule has 1 aliphatic rings. The van der Waals surface area contributed by atoms with Crippen LogP contribution in [0.5, 0.6) is 0 Å². The smallest absolute Gasteiger partial charge is 0.270 e. The van der Waals surface area contributed by atoms with Crippen LogP contribution < -0.4 is 10.6 Å². The number of hydrogen-bond acceptors (Lipinski definition) is 6. The van der Waals surface area contributed by atoms with Gasteiger partial charge in [0.2, 0.25) is 5.95 Å². The van der Waals surface area contributed by atoms with Gasteiger partial charge in [-0.15, -0.1) is 0 Å². The van der Waals surface area contributed by atoms with Crippen LogP contribution in [0.4, 0.5) is 11.6 Å². The van der Waals surface area contributed by atoms with E-state index in [1.807, 2.05) is 30.3 Å². The highest BCUT2D eigenvalue weighted by atomic mass is 16.5. The van der Waals surface area contributed by atoms with Gasteiger partial charge in [0.15, 0.2) is 0 Å². The molecule has 1 saturated heterocycles. The number of amides is 1. The molecule has 24 heavy (non-hydrogen) atoms. The van der Waals surface area contributed by atoms with E-state index in [1.54, 1.807) is 12.3 Å². The van der Waals surface area contributed by atoms with E-state index in [1.165, 1.54) is 0 Å². The predicted molar refractivity (Wildman–Crippen MR) is 91.3 cm³/mol. The first-order valence-corrected chi connectivity index (χ1v) is 8.05. The van der Waals surface area contributed by atoms with Crippen LogP contribution in [0.3, 0.4) is 0 Å². The topological polar surface area (TPSA) is 79.4 Å². The lowest BCUT2D eigenvalue weighted by atomic mass is 10.3. The van der Waals surface area contributed by atoms with Crippen molar-refractivity contribution in [3.8, 4) is 0 Å². The Kier molecular flexibility index (Phi) is 5.70. The third-order valence-corrected chi connectivity index (χ3v) is 3.74. The van der Waals surface area contributed by atoms with E-state index in [0.717, 1.165) is 38.5 Å². The summed E-state index contributed by atoms with van der Waals surface area (Å²) in [5.41, 5.74) is 1.23. The van der Waals surface area contributed by atoms with Gasteiger partial charge in [-0.25, -0.2) is 9.97 Å². The summed E-state index contributed by atoms with van der Waals surface area (Å²) in [6, 6.07) is 11.2. The molecule has 0 unspecified atom stereocenters. The number of nitrogens with zero attached hydrogens (tertiary/aromatic N) is 3. The van der Waals surface area contributed by atoms with Gasteiger partial charge in [0.05, 0.1) is 13.2 Å². The summed E-state index contributed by atoms with van der Waals surface area (Å²) in [7, 11) is 0. The van der Waals surface area contributed by atoms with Crippen molar-refractivity contribution in [2.45, 2.75) is 0 Å². The zero-order valence-corrected chi connectivity index (χ0v) is 13.4. The van der Waals surface area contributed by atoms with Crippen LogP contribution in [-0.4, -0.2) is 60.2 Å². The van der Waals surface area contributed by atoms with E-state index in [-0.39, 0.29) is 5.91 Å². The Morgan fingerprint density at radius 3 is 2.75 bits per heavy atom. The third-order valence-electron chi connectivity index (χ3n) is 3.74. The summed E-state index contributed by atoms with van der Waals surface area (Å²) >= 11 is 0. The molecule has 0 aliphatic carbocycles. The van der Waals surface area contributed by atoms with Gasteiger partial charge in [-0.2, -0.15) is 0 Å². The van der Waals surface area contributed by atoms with E-state index in [0.29, 0.717) is 18.2 Å². The van der Waals surface area contributed by atoms with Gasteiger partial charge in [-0.05, 0) is 18.2 Å². The molecule has 2 heterocycles. The number of morpholine rings is 1. The first-order chi connectivity index (χ1) is 11.8. The van der Waals surface area contributed by atoms with E-state index in [9.17, 15) is 4.79 Å². The van der Waals surface area contributed by atoms with Crippen molar-refractivity contribution in [1.29, 1.82) is 0 Å². The maximum atomic E-state index is 12.2. The maximum absolute atomic E-state index is 12.2. The molecule has 1 fully saturated rings. The number of aromatic nitrogens is 2. The van der Waals surface area contributed by atoms with Gasteiger partial charge in [0.1, 0.15) is 5.69 Å². The average molecular weight is 327 g/mol. The Bertz CT molecular complexity index is 659. The fraction of sp³-hybridized carbons (Fsp3) is 0.353. The molecule has 0 radical (unpaired) electrons. The molecule has 3 rings (SSSR count). The zero-order valence-electron chi connectivity index (χ0n) is 13.4. The second-order valence-corrected chi connectivity index (χ2v) is 5.47. The van der Waals surface area contributed by atoms with Crippen molar-refractivity contribution >= 4 is 17.5 Å². The highest BCUT2D eigenvalue weighted by Crippen LogP contribution is 2.11. The minimum absolute atomic E-state index is 0.193. The number of carbonyl (C=O) groups is 1. The Morgan fingerprint density at radius 1 is 1.17 bits per heavy atom. The van der Waals surface area contributed by atoms with Crippen LogP contribution in [0, 0.1) is 0 Å². The molecule has 0 bridgehead atoms. The largest absolute Gasteiger partial charge is 0.379 e. The average Bonchev–Trinajstić information content (AvgIpc) is 2.64. The first kappa shape index (κ1) is 16.4. The van der Waals surface area contributed by atoms with Gasteiger partial charge < -0.3 is 15.4 Å². The first-order valence-electron chi connectivity index (χ1n) is 8.05. The fourth-order valence-electron chi connectivity index (χ4n) is 2.44. The van der Waals surface area contributed by atoms with Crippen LogP contribution >= 0.6 is 0 Å². The number of carbonyl (C=O) groups excluding carboxylic acids is 1. The second kappa shape index (κ2) is 8.37. The van der Waals surface area contributed by atoms with Crippen molar-refractivity contribution in [1.82, 2.24) is 20.2 Å². The van der Waals surface area contributed by atoms with Gasteiger partial charge in [-0.1, -0.05) is 18.2 Å². The molecule has 0 saturated carbocycles. The van der Waals surface area contributed by atoms with E-state index in [4.69, 9.17) is 4.74 Å². The van der Waals surface area contributed by atoms with Crippen molar-refractivity contribution < 1.29 is 9.53 Å². The van der Waals surface area contributed by atoms with E-state index >= 15 is 0 Å². The minimum atomic E-state index is -0.193. The van der Waals surface area contributed by atoms with Crippen molar-refractivity contribution in [3.63, 3.8) is 0 Å².